The second-order valence-electron chi connectivity index (χ2n) is 3.87. The lowest BCUT2D eigenvalue weighted by molar-refractivity contribution is -0.137. The van der Waals surface area contributed by atoms with Crippen LogP contribution in [0.15, 0.2) is 18.3 Å². The number of alkyl halides is 3. The first-order chi connectivity index (χ1) is 8.29. The van der Waals surface area contributed by atoms with Gasteiger partial charge in [-0.1, -0.05) is 11.6 Å². The number of aromatic nitrogens is 3. The fourth-order valence-electron chi connectivity index (χ4n) is 1.58. The minimum Gasteiger partial charge on any atom is -0.235 e. The fraction of sp³-hybridized carbons (Fsp3) is 0.273. The monoisotopic (exact) mass is 275 g/mol. The van der Waals surface area contributed by atoms with Gasteiger partial charge < -0.3 is 0 Å². The molecule has 0 radical (unpaired) electrons. The minimum absolute atomic E-state index is 0.0870. The summed E-state index contributed by atoms with van der Waals surface area (Å²) in [5.74, 6) is 0.190. The number of aryl methyl sites for hydroxylation is 2. The van der Waals surface area contributed by atoms with E-state index in [2.05, 4.69) is 10.1 Å². The van der Waals surface area contributed by atoms with E-state index in [-0.39, 0.29) is 10.8 Å². The van der Waals surface area contributed by atoms with Gasteiger partial charge in [0.1, 0.15) is 0 Å². The van der Waals surface area contributed by atoms with Crippen molar-refractivity contribution in [3.8, 4) is 5.82 Å². The van der Waals surface area contributed by atoms with Crippen molar-refractivity contribution in [1.29, 1.82) is 0 Å². The number of halogens is 4. The average molecular weight is 276 g/mol. The number of rotatable bonds is 1. The van der Waals surface area contributed by atoms with Crippen LogP contribution in [0.25, 0.3) is 5.82 Å². The Hall–Kier alpha value is -1.56. The van der Waals surface area contributed by atoms with Crippen LogP contribution in [0.2, 0.25) is 5.02 Å². The van der Waals surface area contributed by atoms with E-state index in [1.54, 1.807) is 19.9 Å². The molecule has 3 nitrogen and oxygen atoms in total. The zero-order valence-electron chi connectivity index (χ0n) is 9.59. The van der Waals surface area contributed by atoms with E-state index >= 15 is 0 Å². The normalized spacial score (nSPS) is 11.9. The Morgan fingerprint density at radius 1 is 1.22 bits per heavy atom. The van der Waals surface area contributed by atoms with Crippen LogP contribution in [-0.4, -0.2) is 14.8 Å². The first kappa shape index (κ1) is 12.9. The summed E-state index contributed by atoms with van der Waals surface area (Å²) in [6, 6.07) is 2.63. The van der Waals surface area contributed by atoms with Gasteiger partial charge in [0, 0.05) is 11.9 Å². The van der Waals surface area contributed by atoms with Crippen LogP contribution in [0.3, 0.4) is 0 Å². The lowest BCUT2D eigenvalue weighted by Crippen LogP contribution is -2.09. The second-order valence-corrected chi connectivity index (χ2v) is 4.27. The van der Waals surface area contributed by atoms with Crippen LogP contribution in [-0.2, 0) is 6.18 Å². The Bertz CT molecular complexity index is 590. The molecule has 0 bridgehead atoms. The molecular formula is C11H9ClF3N3. The van der Waals surface area contributed by atoms with Crippen molar-refractivity contribution >= 4 is 11.6 Å². The zero-order chi connectivity index (χ0) is 13.5. The number of nitrogens with zero attached hydrogens (tertiary/aromatic N) is 3. The van der Waals surface area contributed by atoms with E-state index in [9.17, 15) is 13.2 Å². The molecule has 0 aliphatic carbocycles. The van der Waals surface area contributed by atoms with Crippen molar-refractivity contribution in [3.63, 3.8) is 0 Å². The van der Waals surface area contributed by atoms with Crippen LogP contribution in [0.1, 0.15) is 17.0 Å². The summed E-state index contributed by atoms with van der Waals surface area (Å²) in [7, 11) is 0. The highest BCUT2D eigenvalue weighted by atomic mass is 35.5. The quantitative estimate of drug-likeness (QED) is 0.797. The Morgan fingerprint density at radius 3 is 2.33 bits per heavy atom. The molecule has 0 aromatic carbocycles. The Morgan fingerprint density at radius 2 is 1.89 bits per heavy atom. The Kier molecular flexibility index (Phi) is 3.06. The summed E-state index contributed by atoms with van der Waals surface area (Å²) in [6.45, 7) is 3.55. The number of pyridine rings is 1. The highest BCUT2D eigenvalue weighted by Gasteiger charge is 2.31. The third kappa shape index (κ3) is 2.33. The summed E-state index contributed by atoms with van der Waals surface area (Å²) in [5.41, 5.74) is 0.615. The van der Waals surface area contributed by atoms with Crippen LogP contribution in [0, 0.1) is 13.8 Å². The molecule has 0 saturated heterocycles. The van der Waals surface area contributed by atoms with Gasteiger partial charge in [-0.3, -0.25) is 0 Å². The van der Waals surface area contributed by atoms with Crippen molar-refractivity contribution in [1.82, 2.24) is 14.8 Å². The molecule has 0 unspecified atom stereocenters. The van der Waals surface area contributed by atoms with E-state index < -0.39 is 11.7 Å². The second kappa shape index (κ2) is 4.28. The van der Waals surface area contributed by atoms with Crippen molar-refractivity contribution in [3.05, 3.63) is 40.3 Å². The van der Waals surface area contributed by atoms with E-state index in [0.29, 0.717) is 0 Å². The molecule has 0 fully saturated rings. The van der Waals surface area contributed by atoms with Gasteiger partial charge >= 0.3 is 6.18 Å². The lowest BCUT2D eigenvalue weighted by atomic mass is 10.3. The minimum atomic E-state index is -4.45. The van der Waals surface area contributed by atoms with Crippen LogP contribution in [0.4, 0.5) is 13.2 Å². The molecule has 0 aliphatic rings. The molecule has 0 saturated carbocycles. The highest BCUT2D eigenvalue weighted by Crippen LogP contribution is 2.32. The fourth-order valence-corrected chi connectivity index (χ4v) is 1.83. The van der Waals surface area contributed by atoms with Crippen molar-refractivity contribution in [2.45, 2.75) is 20.0 Å². The van der Waals surface area contributed by atoms with Gasteiger partial charge in [0.05, 0.1) is 16.3 Å². The molecule has 2 aromatic rings. The number of hydrogen-bond acceptors (Lipinski definition) is 2. The van der Waals surface area contributed by atoms with Crippen LogP contribution in [0.5, 0.6) is 0 Å². The van der Waals surface area contributed by atoms with Gasteiger partial charge in [-0.2, -0.15) is 18.3 Å². The van der Waals surface area contributed by atoms with Crippen LogP contribution < -0.4 is 0 Å². The van der Waals surface area contributed by atoms with Gasteiger partial charge in [-0.15, -0.1) is 0 Å². The average Bonchev–Trinajstić information content (AvgIpc) is 2.56. The molecule has 0 spiro atoms. The van der Waals surface area contributed by atoms with Crippen LogP contribution >= 0.6 is 11.6 Å². The third-order valence-electron chi connectivity index (χ3n) is 2.36. The van der Waals surface area contributed by atoms with E-state index in [0.717, 1.165) is 23.7 Å². The van der Waals surface area contributed by atoms with E-state index in [1.165, 1.54) is 4.68 Å². The van der Waals surface area contributed by atoms with Gasteiger partial charge in [-0.05, 0) is 26.0 Å². The molecule has 18 heavy (non-hydrogen) atoms. The summed E-state index contributed by atoms with van der Waals surface area (Å²) >= 11 is 5.83. The maximum Gasteiger partial charge on any atom is 0.417 e. The van der Waals surface area contributed by atoms with Gasteiger partial charge in [0.15, 0.2) is 5.82 Å². The summed E-state index contributed by atoms with van der Waals surface area (Å²) in [4.78, 5) is 3.74. The van der Waals surface area contributed by atoms with Gasteiger partial charge in [0.2, 0.25) is 0 Å². The zero-order valence-corrected chi connectivity index (χ0v) is 10.3. The standard InChI is InChI=1S/C11H9ClF3N3/c1-6-3-7(2)18(17-6)10-9(12)4-8(5-16-10)11(13,14)15/h3-5H,1-2H3. The highest BCUT2D eigenvalue weighted by molar-refractivity contribution is 6.32. The first-order valence-electron chi connectivity index (χ1n) is 5.05. The first-order valence-corrected chi connectivity index (χ1v) is 5.43. The molecule has 7 heteroatoms. The Labute approximate surface area is 106 Å². The maximum absolute atomic E-state index is 12.5. The molecular weight excluding hydrogens is 267 g/mol. The van der Waals surface area contributed by atoms with Gasteiger partial charge in [0.25, 0.3) is 0 Å². The molecule has 0 amide bonds. The summed E-state index contributed by atoms with van der Waals surface area (Å²) in [5, 5.41) is 4.03. The van der Waals surface area contributed by atoms with E-state index in [1.807, 2.05) is 0 Å². The molecule has 0 aliphatic heterocycles. The predicted molar refractivity (Wildman–Crippen MR) is 60.8 cm³/mol. The van der Waals surface area contributed by atoms with Crippen molar-refractivity contribution < 1.29 is 13.2 Å². The topological polar surface area (TPSA) is 30.7 Å². The molecule has 2 heterocycles. The summed E-state index contributed by atoms with van der Waals surface area (Å²) < 4.78 is 38.8. The molecule has 96 valence electrons. The molecule has 2 aromatic heterocycles. The van der Waals surface area contributed by atoms with Gasteiger partial charge in [-0.25, -0.2) is 9.67 Å². The smallest absolute Gasteiger partial charge is 0.235 e. The maximum atomic E-state index is 12.5. The Balaban J connectivity index is 2.51. The summed E-state index contributed by atoms with van der Waals surface area (Å²) in [6.07, 6.45) is -3.71. The molecule has 0 atom stereocenters. The largest absolute Gasteiger partial charge is 0.417 e. The number of hydrogen-bond donors (Lipinski definition) is 0. The van der Waals surface area contributed by atoms with Crippen molar-refractivity contribution in [2.24, 2.45) is 0 Å². The molecule has 2 rings (SSSR count). The lowest BCUT2D eigenvalue weighted by Gasteiger charge is -2.09. The van der Waals surface area contributed by atoms with Crippen molar-refractivity contribution in [2.75, 3.05) is 0 Å². The predicted octanol–water partition coefficient (Wildman–Crippen LogP) is 3.56. The molecule has 0 N–H and O–H groups in total. The third-order valence-corrected chi connectivity index (χ3v) is 2.64. The van der Waals surface area contributed by atoms with E-state index in [4.69, 9.17) is 11.6 Å². The SMILES string of the molecule is Cc1cc(C)n(-c2ncc(C(F)(F)F)cc2Cl)n1.